The highest BCUT2D eigenvalue weighted by molar-refractivity contribution is 7.89. The van der Waals surface area contributed by atoms with Crippen LogP contribution in [0.15, 0.2) is 35.2 Å². The maximum absolute atomic E-state index is 13.1. The molecule has 0 saturated carbocycles. The Labute approximate surface area is 161 Å². The van der Waals surface area contributed by atoms with Gasteiger partial charge in [-0.2, -0.15) is 9.40 Å². The zero-order valence-electron chi connectivity index (χ0n) is 16.4. The normalized spacial score (nSPS) is 11.7. The van der Waals surface area contributed by atoms with E-state index in [0.29, 0.717) is 30.2 Å². The average Bonchev–Trinajstić information content (AvgIpc) is 2.89. The fourth-order valence-electron chi connectivity index (χ4n) is 3.05. The Morgan fingerprint density at radius 3 is 2.26 bits per heavy atom. The van der Waals surface area contributed by atoms with Crippen LogP contribution in [-0.2, 0) is 21.4 Å². The van der Waals surface area contributed by atoms with Crippen LogP contribution in [0.4, 0.5) is 5.69 Å². The first-order valence-corrected chi connectivity index (χ1v) is 10.6. The summed E-state index contributed by atoms with van der Waals surface area (Å²) in [6.07, 6.45) is 1.48. The summed E-state index contributed by atoms with van der Waals surface area (Å²) in [6.45, 7) is 8.16. The van der Waals surface area contributed by atoms with Crippen LogP contribution >= 0.6 is 0 Å². The van der Waals surface area contributed by atoms with Crippen LogP contribution in [0, 0.1) is 13.8 Å². The highest BCUT2D eigenvalue weighted by Gasteiger charge is 2.30. The molecule has 0 radical (unpaired) electrons. The summed E-state index contributed by atoms with van der Waals surface area (Å²) < 4.78 is 29.2. The fraction of sp³-hybridized carbons (Fsp3) is 0.474. The summed E-state index contributed by atoms with van der Waals surface area (Å²) >= 11 is 0. The number of hydrogen-bond acceptors (Lipinski definition) is 4. The van der Waals surface area contributed by atoms with Crippen molar-refractivity contribution in [1.29, 1.82) is 0 Å². The van der Waals surface area contributed by atoms with Crippen molar-refractivity contribution in [3.63, 3.8) is 0 Å². The minimum Gasteiger partial charge on any atom is -0.324 e. The van der Waals surface area contributed by atoms with Crippen molar-refractivity contribution in [3.8, 4) is 0 Å². The van der Waals surface area contributed by atoms with Gasteiger partial charge in [-0.15, -0.1) is 0 Å². The molecule has 8 heteroatoms. The van der Waals surface area contributed by atoms with Crippen molar-refractivity contribution in [3.05, 3.63) is 41.7 Å². The Bertz CT molecular complexity index is 870. The predicted molar refractivity (Wildman–Crippen MR) is 106 cm³/mol. The number of carbonyl (C=O) groups is 1. The third-order valence-corrected chi connectivity index (χ3v) is 6.36. The summed E-state index contributed by atoms with van der Waals surface area (Å²) in [4.78, 5) is 12.5. The Balaban J connectivity index is 2.26. The molecule has 1 N–H and O–H groups in total. The van der Waals surface area contributed by atoms with Crippen LogP contribution in [0.5, 0.6) is 0 Å². The van der Waals surface area contributed by atoms with Gasteiger partial charge >= 0.3 is 0 Å². The molecule has 0 aliphatic carbocycles. The van der Waals surface area contributed by atoms with Gasteiger partial charge in [0.15, 0.2) is 0 Å². The van der Waals surface area contributed by atoms with E-state index in [1.54, 1.807) is 26.0 Å². The van der Waals surface area contributed by atoms with Crippen molar-refractivity contribution in [2.45, 2.75) is 52.0 Å². The van der Waals surface area contributed by atoms with Crippen molar-refractivity contribution in [2.24, 2.45) is 0 Å². The zero-order chi connectivity index (χ0) is 20.0. The second-order valence-corrected chi connectivity index (χ2v) is 8.35. The van der Waals surface area contributed by atoms with Gasteiger partial charge in [0, 0.05) is 18.8 Å². The maximum Gasteiger partial charge on any atom is 0.246 e. The van der Waals surface area contributed by atoms with E-state index >= 15 is 0 Å². The third kappa shape index (κ3) is 4.95. The van der Waals surface area contributed by atoms with Crippen LogP contribution in [0.25, 0.3) is 0 Å². The number of nitrogens with zero attached hydrogens (tertiary/aromatic N) is 3. The second kappa shape index (κ2) is 9.14. The topological polar surface area (TPSA) is 84.3 Å². The largest absolute Gasteiger partial charge is 0.324 e. The molecule has 0 aliphatic rings. The molecule has 0 aliphatic heterocycles. The Kier molecular flexibility index (Phi) is 7.15. The van der Waals surface area contributed by atoms with Gasteiger partial charge in [-0.25, -0.2) is 8.42 Å². The van der Waals surface area contributed by atoms with E-state index in [0.717, 1.165) is 12.8 Å². The van der Waals surface area contributed by atoms with E-state index < -0.39 is 10.0 Å². The van der Waals surface area contributed by atoms with E-state index in [-0.39, 0.29) is 17.3 Å². The molecular weight excluding hydrogens is 364 g/mol. The standard InChI is InChI=1S/C19H28N4O3S/c1-5-12-22(13-6-2)27(25,26)19-15(3)21-23(16(19)4)14-18(24)20-17-10-8-7-9-11-17/h7-11H,5-6,12-14H2,1-4H3,(H,20,24). The molecular formula is C19H28N4O3S. The molecule has 1 heterocycles. The van der Waals surface area contributed by atoms with Crippen LogP contribution in [0.2, 0.25) is 0 Å². The second-order valence-electron chi connectivity index (χ2n) is 6.48. The molecule has 0 saturated heterocycles. The number of nitrogens with one attached hydrogen (secondary N) is 1. The fourth-order valence-corrected chi connectivity index (χ4v) is 5.04. The van der Waals surface area contributed by atoms with Crippen molar-refractivity contribution < 1.29 is 13.2 Å². The summed E-state index contributed by atoms with van der Waals surface area (Å²) in [5.74, 6) is -0.255. The van der Waals surface area contributed by atoms with E-state index in [1.807, 2.05) is 32.0 Å². The molecule has 2 aromatic rings. The Morgan fingerprint density at radius 2 is 1.70 bits per heavy atom. The first-order chi connectivity index (χ1) is 12.8. The Hall–Kier alpha value is -2.19. The summed E-state index contributed by atoms with van der Waals surface area (Å²) in [7, 11) is -3.64. The van der Waals surface area contributed by atoms with Crippen LogP contribution in [0.3, 0.4) is 0 Å². The predicted octanol–water partition coefficient (Wildman–Crippen LogP) is 2.95. The molecule has 0 spiro atoms. The first-order valence-electron chi connectivity index (χ1n) is 9.20. The number of anilines is 1. The maximum atomic E-state index is 13.1. The minimum atomic E-state index is -3.64. The lowest BCUT2D eigenvalue weighted by Gasteiger charge is -2.21. The smallest absolute Gasteiger partial charge is 0.246 e. The first kappa shape index (κ1) is 21.1. The van der Waals surface area contributed by atoms with Gasteiger partial charge in [0.1, 0.15) is 11.4 Å². The number of para-hydroxylation sites is 1. The molecule has 0 fully saturated rings. The highest BCUT2D eigenvalue weighted by Crippen LogP contribution is 2.24. The van der Waals surface area contributed by atoms with E-state index in [1.165, 1.54) is 8.99 Å². The van der Waals surface area contributed by atoms with Gasteiger partial charge in [0.2, 0.25) is 15.9 Å². The molecule has 1 amide bonds. The summed E-state index contributed by atoms with van der Waals surface area (Å²) in [5, 5.41) is 7.10. The number of rotatable bonds is 9. The number of carbonyl (C=O) groups excluding carboxylic acids is 1. The molecule has 0 atom stereocenters. The molecule has 2 rings (SSSR count). The number of sulfonamides is 1. The lowest BCUT2D eigenvalue weighted by Crippen LogP contribution is -2.33. The average molecular weight is 393 g/mol. The molecule has 0 unspecified atom stereocenters. The number of benzene rings is 1. The number of amides is 1. The van der Waals surface area contributed by atoms with Crippen LogP contribution < -0.4 is 5.32 Å². The van der Waals surface area contributed by atoms with Crippen LogP contribution in [0.1, 0.15) is 38.1 Å². The molecule has 7 nitrogen and oxygen atoms in total. The zero-order valence-corrected chi connectivity index (χ0v) is 17.2. The monoisotopic (exact) mass is 392 g/mol. The van der Waals surface area contributed by atoms with E-state index in [2.05, 4.69) is 10.4 Å². The number of aryl methyl sites for hydroxylation is 1. The van der Waals surface area contributed by atoms with Crippen molar-refractivity contribution in [1.82, 2.24) is 14.1 Å². The van der Waals surface area contributed by atoms with Crippen molar-refractivity contribution >= 4 is 21.6 Å². The van der Waals surface area contributed by atoms with E-state index in [4.69, 9.17) is 0 Å². The lowest BCUT2D eigenvalue weighted by atomic mass is 10.3. The third-order valence-electron chi connectivity index (χ3n) is 4.21. The number of aromatic nitrogens is 2. The molecule has 148 valence electrons. The molecule has 1 aromatic carbocycles. The van der Waals surface area contributed by atoms with E-state index in [9.17, 15) is 13.2 Å². The van der Waals surface area contributed by atoms with Gasteiger partial charge in [0.05, 0.1) is 11.4 Å². The lowest BCUT2D eigenvalue weighted by molar-refractivity contribution is -0.116. The SMILES string of the molecule is CCCN(CCC)S(=O)(=O)c1c(C)nn(CC(=O)Nc2ccccc2)c1C. The quantitative estimate of drug-likeness (QED) is 0.711. The van der Waals surface area contributed by atoms with Crippen molar-refractivity contribution in [2.75, 3.05) is 18.4 Å². The van der Waals surface area contributed by atoms with Gasteiger partial charge < -0.3 is 5.32 Å². The molecule has 1 aromatic heterocycles. The van der Waals surface area contributed by atoms with Gasteiger partial charge in [-0.3, -0.25) is 9.48 Å². The van der Waals surface area contributed by atoms with Gasteiger partial charge in [-0.1, -0.05) is 32.0 Å². The highest BCUT2D eigenvalue weighted by atomic mass is 32.2. The molecule has 0 bridgehead atoms. The van der Waals surface area contributed by atoms with Gasteiger partial charge in [-0.05, 0) is 38.8 Å². The summed E-state index contributed by atoms with van der Waals surface area (Å²) in [5.41, 5.74) is 1.58. The Morgan fingerprint density at radius 1 is 1.11 bits per heavy atom. The number of hydrogen-bond donors (Lipinski definition) is 1. The summed E-state index contributed by atoms with van der Waals surface area (Å²) in [6, 6.07) is 9.12. The minimum absolute atomic E-state index is 0.0430. The molecule has 27 heavy (non-hydrogen) atoms. The van der Waals surface area contributed by atoms with Crippen LogP contribution in [-0.4, -0.2) is 41.5 Å². The van der Waals surface area contributed by atoms with Gasteiger partial charge in [0.25, 0.3) is 0 Å².